The normalized spacial score (nSPS) is 18.7. The Bertz CT molecular complexity index is 679. The number of nitrogens with one attached hydrogen (secondary N) is 1. The SMILES string of the molecule is COC(=O)C1COCCN1C(=O)c1c[nH]c2ccccc12. The third-order valence-corrected chi connectivity index (χ3v) is 3.68. The van der Waals surface area contributed by atoms with Gasteiger partial charge < -0.3 is 19.4 Å². The Hall–Kier alpha value is -2.34. The smallest absolute Gasteiger partial charge is 0.331 e. The maximum Gasteiger partial charge on any atom is 0.331 e. The van der Waals surface area contributed by atoms with Gasteiger partial charge in [-0.2, -0.15) is 0 Å². The number of carbonyl (C=O) groups excluding carboxylic acids is 2. The Morgan fingerprint density at radius 1 is 1.38 bits per heavy atom. The molecule has 0 bridgehead atoms. The van der Waals surface area contributed by atoms with E-state index in [2.05, 4.69) is 4.98 Å². The molecule has 1 N–H and O–H groups in total. The number of H-pyrrole nitrogens is 1. The number of para-hydroxylation sites is 1. The highest BCUT2D eigenvalue weighted by atomic mass is 16.5. The second kappa shape index (κ2) is 5.57. The van der Waals surface area contributed by atoms with Crippen LogP contribution in [-0.4, -0.2) is 54.7 Å². The van der Waals surface area contributed by atoms with Crippen LogP contribution in [0.25, 0.3) is 10.9 Å². The van der Waals surface area contributed by atoms with E-state index in [1.165, 1.54) is 12.0 Å². The van der Waals surface area contributed by atoms with Crippen LogP contribution in [0.15, 0.2) is 30.5 Å². The molecule has 6 heteroatoms. The quantitative estimate of drug-likeness (QED) is 0.842. The van der Waals surface area contributed by atoms with Crippen molar-refractivity contribution in [2.75, 3.05) is 26.9 Å². The minimum Gasteiger partial charge on any atom is -0.467 e. The lowest BCUT2D eigenvalue weighted by Gasteiger charge is -2.33. The van der Waals surface area contributed by atoms with Crippen molar-refractivity contribution in [1.29, 1.82) is 0 Å². The number of methoxy groups -OCH3 is 1. The summed E-state index contributed by atoms with van der Waals surface area (Å²) in [5.41, 5.74) is 1.45. The van der Waals surface area contributed by atoms with Gasteiger partial charge in [0.1, 0.15) is 0 Å². The number of fused-ring (bicyclic) bond motifs is 1. The summed E-state index contributed by atoms with van der Waals surface area (Å²) >= 11 is 0. The minimum atomic E-state index is -0.690. The maximum atomic E-state index is 12.7. The van der Waals surface area contributed by atoms with E-state index in [0.717, 1.165) is 10.9 Å². The molecule has 6 nitrogen and oxygen atoms in total. The van der Waals surface area contributed by atoms with Crippen molar-refractivity contribution in [1.82, 2.24) is 9.88 Å². The number of hydrogen-bond acceptors (Lipinski definition) is 4. The van der Waals surface area contributed by atoms with Gasteiger partial charge in [-0.15, -0.1) is 0 Å². The van der Waals surface area contributed by atoms with E-state index < -0.39 is 12.0 Å². The molecule has 0 saturated carbocycles. The van der Waals surface area contributed by atoms with Gasteiger partial charge in [0.15, 0.2) is 6.04 Å². The first-order valence-corrected chi connectivity index (χ1v) is 6.75. The molecule has 0 aliphatic carbocycles. The van der Waals surface area contributed by atoms with Gasteiger partial charge in [-0.1, -0.05) is 18.2 Å². The molecule has 2 heterocycles. The number of rotatable bonds is 2. The Balaban J connectivity index is 1.94. The molecule has 1 fully saturated rings. The first-order valence-electron chi connectivity index (χ1n) is 6.75. The highest BCUT2D eigenvalue weighted by molar-refractivity contribution is 6.07. The van der Waals surface area contributed by atoms with E-state index in [1.807, 2.05) is 24.3 Å². The standard InChI is InChI=1S/C15H16N2O4/c1-20-15(19)13-9-21-7-6-17(13)14(18)11-8-16-12-5-3-2-4-10(11)12/h2-5,8,13,16H,6-7,9H2,1H3. The summed E-state index contributed by atoms with van der Waals surface area (Å²) in [6.45, 7) is 0.959. The zero-order chi connectivity index (χ0) is 14.8. The first kappa shape index (κ1) is 13.6. The third-order valence-electron chi connectivity index (χ3n) is 3.68. The Kier molecular flexibility index (Phi) is 3.62. The Labute approximate surface area is 121 Å². The van der Waals surface area contributed by atoms with Crippen molar-refractivity contribution in [2.45, 2.75) is 6.04 Å². The van der Waals surface area contributed by atoms with Crippen molar-refractivity contribution < 1.29 is 19.1 Å². The number of benzene rings is 1. The van der Waals surface area contributed by atoms with Gasteiger partial charge >= 0.3 is 5.97 Å². The summed E-state index contributed by atoms with van der Waals surface area (Å²) in [6.07, 6.45) is 1.68. The van der Waals surface area contributed by atoms with Crippen LogP contribution in [0.2, 0.25) is 0 Å². The molecule has 110 valence electrons. The van der Waals surface area contributed by atoms with Crippen LogP contribution in [0.1, 0.15) is 10.4 Å². The van der Waals surface area contributed by atoms with Gasteiger partial charge in [0.2, 0.25) is 0 Å². The predicted octanol–water partition coefficient (Wildman–Crippen LogP) is 1.18. The zero-order valence-corrected chi connectivity index (χ0v) is 11.7. The molecular formula is C15H16N2O4. The van der Waals surface area contributed by atoms with Gasteiger partial charge in [-0.05, 0) is 6.07 Å². The van der Waals surface area contributed by atoms with E-state index >= 15 is 0 Å². The number of aromatic amines is 1. The number of amides is 1. The fourth-order valence-electron chi connectivity index (χ4n) is 2.58. The second-order valence-electron chi connectivity index (χ2n) is 4.86. The largest absolute Gasteiger partial charge is 0.467 e. The lowest BCUT2D eigenvalue weighted by atomic mass is 10.1. The average Bonchev–Trinajstić information content (AvgIpc) is 2.97. The third kappa shape index (κ3) is 2.38. The molecule has 3 rings (SSSR count). The first-order chi connectivity index (χ1) is 10.2. The molecule has 1 unspecified atom stereocenters. The molecule has 21 heavy (non-hydrogen) atoms. The zero-order valence-electron chi connectivity index (χ0n) is 11.7. The van der Waals surface area contributed by atoms with Crippen molar-refractivity contribution in [3.63, 3.8) is 0 Å². The fraction of sp³-hybridized carbons (Fsp3) is 0.333. The van der Waals surface area contributed by atoms with E-state index in [0.29, 0.717) is 18.7 Å². The highest BCUT2D eigenvalue weighted by Crippen LogP contribution is 2.21. The lowest BCUT2D eigenvalue weighted by Crippen LogP contribution is -2.53. The molecular weight excluding hydrogens is 272 g/mol. The Morgan fingerprint density at radius 3 is 3.00 bits per heavy atom. The van der Waals surface area contributed by atoms with Crippen molar-refractivity contribution in [2.24, 2.45) is 0 Å². The summed E-state index contributed by atoms with van der Waals surface area (Å²) in [4.78, 5) is 29.1. The molecule has 0 spiro atoms. The van der Waals surface area contributed by atoms with Crippen LogP contribution >= 0.6 is 0 Å². The molecule has 1 aliphatic heterocycles. The summed E-state index contributed by atoms with van der Waals surface area (Å²) in [5.74, 6) is -0.644. The van der Waals surface area contributed by atoms with Crippen molar-refractivity contribution in [3.05, 3.63) is 36.0 Å². The van der Waals surface area contributed by atoms with Gasteiger partial charge in [0.05, 0.1) is 25.9 Å². The molecule has 1 saturated heterocycles. The van der Waals surface area contributed by atoms with Crippen LogP contribution in [0.4, 0.5) is 0 Å². The van der Waals surface area contributed by atoms with E-state index in [-0.39, 0.29) is 12.5 Å². The van der Waals surface area contributed by atoms with Crippen LogP contribution in [-0.2, 0) is 14.3 Å². The number of nitrogens with zero attached hydrogens (tertiary/aromatic N) is 1. The number of carbonyl (C=O) groups is 2. The molecule has 0 radical (unpaired) electrons. The number of ether oxygens (including phenoxy) is 2. The number of aromatic nitrogens is 1. The molecule has 1 aromatic heterocycles. The fourth-order valence-corrected chi connectivity index (χ4v) is 2.58. The maximum absolute atomic E-state index is 12.7. The summed E-state index contributed by atoms with van der Waals surface area (Å²) < 4.78 is 10.0. The number of esters is 1. The monoisotopic (exact) mass is 288 g/mol. The van der Waals surface area contributed by atoms with Gasteiger partial charge in [0.25, 0.3) is 5.91 Å². The second-order valence-corrected chi connectivity index (χ2v) is 4.86. The van der Waals surface area contributed by atoms with Gasteiger partial charge in [-0.25, -0.2) is 4.79 Å². The van der Waals surface area contributed by atoms with Crippen molar-refractivity contribution >= 4 is 22.8 Å². The highest BCUT2D eigenvalue weighted by Gasteiger charge is 2.34. The minimum absolute atomic E-state index is 0.167. The number of morpholine rings is 1. The summed E-state index contributed by atoms with van der Waals surface area (Å²) in [5, 5.41) is 0.845. The molecule has 2 aromatic rings. The van der Waals surface area contributed by atoms with E-state index in [1.54, 1.807) is 6.20 Å². The van der Waals surface area contributed by atoms with Gasteiger partial charge in [0, 0.05) is 23.6 Å². The average molecular weight is 288 g/mol. The van der Waals surface area contributed by atoms with Crippen LogP contribution in [0.5, 0.6) is 0 Å². The van der Waals surface area contributed by atoms with Crippen LogP contribution in [0.3, 0.4) is 0 Å². The van der Waals surface area contributed by atoms with Crippen LogP contribution < -0.4 is 0 Å². The summed E-state index contributed by atoms with van der Waals surface area (Å²) in [7, 11) is 1.31. The Morgan fingerprint density at radius 2 is 2.19 bits per heavy atom. The van der Waals surface area contributed by atoms with E-state index in [9.17, 15) is 9.59 Å². The summed E-state index contributed by atoms with van der Waals surface area (Å²) in [6, 6.07) is 6.88. The topological polar surface area (TPSA) is 71.6 Å². The molecule has 1 aliphatic rings. The molecule has 1 atom stereocenters. The molecule has 1 aromatic carbocycles. The predicted molar refractivity (Wildman–Crippen MR) is 76.0 cm³/mol. The van der Waals surface area contributed by atoms with Crippen LogP contribution in [0, 0.1) is 0 Å². The van der Waals surface area contributed by atoms with Crippen molar-refractivity contribution in [3.8, 4) is 0 Å². The number of hydrogen-bond donors (Lipinski definition) is 1. The van der Waals surface area contributed by atoms with Gasteiger partial charge in [-0.3, -0.25) is 4.79 Å². The van der Waals surface area contributed by atoms with E-state index in [4.69, 9.17) is 9.47 Å². The molecule has 1 amide bonds. The lowest BCUT2D eigenvalue weighted by molar-refractivity contribution is -0.151.